The van der Waals surface area contributed by atoms with Crippen molar-refractivity contribution in [3.63, 3.8) is 0 Å². The number of aromatic nitrogens is 3. The molecule has 0 bridgehead atoms. The maximum Gasteiger partial charge on any atom is 0.257 e. The standard InChI is InChI=1S/C23H19FN6O2/c1-29(20-11-32-10-13-5-12(8-25)3-4-14(13)20)23(31)15-6-16-19(7-18(15)24)28-22(26)17-9-27-30(2)21(16)17/h3-7,9,20H,10-11H2,1-2H3,(H2,26,28)/t20-/m0/s1. The van der Waals surface area contributed by atoms with Crippen LogP contribution in [0.3, 0.4) is 0 Å². The average molecular weight is 430 g/mol. The van der Waals surface area contributed by atoms with Crippen LogP contribution in [0.2, 0.25) is 0 Å². The second-order valence-corrected chi connectivity index (χ2v) is 7.85. The number of hydrogen-bond donors (Lipinski definition) is 1. The van der Waals surface area contributed by atoms with Gasteiger partial charge in [-0.25, -0.2) is 9.37 Å². The fraction of sp³-hybridized carbons (Fsp3) is 0.217. The number of nitrogens with zero attached hydrogens (tertiary/aromatic N) is 5. The summed E-state index contributed by atoms with van der Waals surface area (Å²) in [4.78, 5) is 19.1. The van der Waals surface area contributed by atoms with E-state index in [4.69, 9.17) is 15.7 Å². The summed E-state index contributed by atoms with van der Waals surface area (Å²) in [6.07, 6.45) is 1.60. The molecule has 3 heterocycles. The quantitative estimate of drug-likeness (QED) is 0.523. The molecule has 1 amide bonds. The predicted octanol–water partition coefficient (Wildman–Crippen LogP) is 3.06. The first-order valence-corrected chi connectivity index (χ1v) is 9.97. The van der Waals surface area contributed by atoms with Crippen molar-refractivity contribution in [2.75, 3.05) is 19.4 Å². The van der Waals surface area contributed by atoms with E-state index in [2.05, 4.69) is 16.2 Å². The zero-order valence-corrected chi connectivity index (χ0v) is 17.5. The molecule has 2 aromatic heterocycles. The van der Waals surface area contributed by atoms with Crippen LogP contribution in [0.15, 0.2) is 36.5 Å². The van der Waals surface area contributed by atoms with E-state index >= 15 is 4.39 Å². The largest absolute Gasteiger partial charge is 0.383 e. The lowest BCUT2D eigenvalue weighted by atomic mass is 9.95. The lowest BCUT2D eigenvalue weighted by molar-refractivity contribution is 0.0343. The Hall–Kier alpha value is -4.03. The van der Waals surface area contributed by atoms with Gasteiger partial charge in [0.25, 0.3) is 5.91 Å². The van der Waals surface area contributed by atoms with Crippen molar-refractivity contribution >= 4 is 33.5 Å². The van der Waals surface area contributed by atoms with Crippen LogP contribution in [0.5, 0.6) is 0 Å². The van der Waals surface area contributed by atoms with Crippen molar-refractivity contribution in [3.8, 4) is 6.07 Å². The molecule has 2 N–H and O–H groups in total. The SMILES string of the molecule is CN(C(=O)c1cc2c(cc1F)nc(N)c1cnn(C)c12)[C@H]1COCc2cc(C#N)ccc21. The lowest BCUT2D eigenvalue weighted by Crippen LogP contribution is -2.36. The van der Waals surface area contributed by atoms with Gasteiger partial charge in [-0.2, -0.15) is 10.4 Å². The number of carbonyl (C=O) groups excluding carboxylic acids is 1. The molecular formula is C23H19FN6O2. The van der Waals surface area contributed by atoms with Gasteiger partial charge in [0, 0.05) is 25.5 Å². The number of likely N-dealkylation sites (N-methyl/N-ethyl adjacent to an activating group) is 1. The second-order valence-electron chi connectivity index (χ2n) is 7.85. The summed E-state index contributed by atoms with van der Waals surface area (Å²) in [5.74, 6) is -0.911. The number of hydrogen-bond acceptors (Lipinski definition) is 6. The molecule has 2 aromatic carbocycles. The van der Waals surface area contributed by atoms with Gasteiger partial charge in [-0.3, -0.25) is 9.48 Å². The van der Waals surface area contributed by atoms with Crippen LogP contribution in [0.1, 0.15) is 33.1 Å². The first kappa shape index (κ1) is 19.9. The van der Waals surface area contributed by atoms with Crippen molar-refractivity contribution in [2.45, 2.75) is 12.6 Å². The molecule has 8 nitrogen and oxygen atoms in total. The number of nitrogen functional groups attached to an aromatic ring is 1. The number of aryl methyl sites for hydroxylation is 1. The fourth-order valence-corrected chi connectivity index (χ4v) is 4.29. The Morgan fingerprint density at radius 2 is 2.16 bits per heavy atom. The summed E-state index contributed by atoms with van der Waals surface area (Å²) in [5.41, 5.74) is 9.21. The monoisotopic (exact) mass is 430 g/mol. The van der Waals surface area contributed by atoms with E-state index in [1.807, 2.05) is 6.07 Å². The molecule has 4 aromatic rings. The number of nitriles is 1. The first-order valence-electron chi connectivity index (χ1n) is 9.97. The molecule has 0 saturated carbocycles. The maximum absolute atomic E-state index is 15.0. The van der Waals surface area contributed by atoms with Gasteiger partial charge in [0.15, 0.2) is 0 Å². The molecule has 0 spiro atoms. The topological polar surface area (TPSA) is 110 Å². The number of benzene rings is 2. The van der Waals surface area contributed by atoms with Crippen LogP contribution in [-0.2, 0) is 18.4 Å². The minimum absolute atomic E-state index is 0.0742. The molecule has 9 heteroatoms. The van der Waals surface area contributed by atoms with Gasteiger partial charge >= 0.3 is 0 Å². The van der Waals surface area contributed by atoms with E-state index in [0.29, 0.717) is 34.0 Å². The molecule has 1 aliphatic rings. The number of pyridine rings is 1. The normalized spacial score (nSPS) is 15.5. The molecule has 160 valence electrons. The Morgan fingerprint density at radius 3 is 2.94 bits per heavy atom. The lowest BCUT2D eigenvalue weighted by Gasteiger charge is -2.33. The van der Waals surface area contributed by atoms with E-state index in [1.165, 1.54) is 17.0 Å². The Bertz CT molecular complexity index is 1450. The molecule has 1 aliphatic heterocycles. The van der Waals surface area contributed by atoms with E-state index in [0.717, 1.165) is 11.1 Å². The molecule has 1 atom stereocenters. The van der Waals surface area contributed by atoms with Crippen molar-refractivity contribution < 1.29 is 13.9 Å². The average Bonchev–Trinajstić information content (AvgIpc) is 3.19. The van der Waals surface area contributed by atoms with Crippen molar-refractivity contribution in [1.29, 1.82) is 5.26 Å². The van der Waals surface area contributed by atoms with E-state index in [-0.39, 0.29) is 18.0 Å². The van der Waals surface area contributed by atoms with Gasteiger partial charge in [0.05, 0.1) is 59.1 Å². The third kappa shape index (κ3) is 2.96. The number of anilines is 1. The summed E-state index contributed by atoms with van der Waals surface area (Å²) in [6.45, 7) is 0.639. The van der Waals surface area contributed by atoms with Crippen molar-refractivity contribution in [2.24, 2.45) is 7.05 Å². The molecule has 0 unspecified atom stereocenters. The highest BCUT2D eigenvalue weighted by molar-refractivity contribution is 6.10. The fourth-order valence-electron chi connectivity index (χ4n) is 4.29. The van der Waals surface area contributed by atoms with Gasteiger partial charge in [-0.15, -0.1) is 0 Å². The third-order valence-electron chi connectivity index (χ3n) is 5.98. The van der Waals surface area contributed by atoms with Crippen molar-refractivity contribution in [3.05, 3.63) is 64.6 Å². The Morgan fingerprint density at radius 1 is 1.34 bits per heavy atom. The molecule has 0 radical (unpaired) electrons. The zero-order chi connectivity index (χ0) is 22.6. The smallest absolute Gasteiger partial charge is 0.257 e. The number of fused-ring (bicyclic) bond motifs is 4. The van der Waals surface area contributed by atoms with Gasteiger partial charge in [0.1, 0.15) is 11.6 Å². The number of rotatable bonds is 2. The summed E-state index contributed by atoms with van der Waals surface area (Å²) < 4.78 is 22.3. The summed E-state index contributed by atoms with van der Waals surface area (Å²) >= 11 is 0. The summed E-state index contributed by atoms with van der Waals surface area (Å²) in [5, 5.41) is 14.6. The van der Waals surface area contributed by atoms with Gasteiger partial charge in [0.2, 0.25) is 0 Å². The predicted molar refractivity (Wildman–Crippen MR) is 116 cm³/mol. The highest BCUT2D eigenvalue weighted by Crippen LogP contribution is 2.33. The van der Waals surface area contributed by atoms with E-state index < -0.39 is 17.8 Å². The van der Waals surface area contributed by atoms with Crippen LogP contribution in [-0.4, -0.2) is 39.2 Å². The maximum atomic E-state index is 15.0. The number of carbonyl (C=O) groups is 1. The molecule has 0 aliphatic carbocycles. The first-order chi connectivity index (χ1) is 15.4. The minimum Gasteiger partial charge on any atom is -0.383 e. The van der Waals surface area contributed by atoms with Gasteiger partial charge in [-0.05, 0) is 29.3 Å². The molecule has 5 rings (SSSR count). The van der Waals surface area contributed by atoms with Crippen LogP contribution in [0.25, 0.3) is 21.8 Å². The number of nitrogens with two attached hydrogens (primary N) is 1. The summed E-state index contributed by atoms with van der Waals surface area (Å²) in [7, 11) is 3.37. The molecule has 32 heavy (non-hydrogen) atoms. The Balaban J connectivity index is 1.59. The molecule has 0 fully saturated rings. The van der Waals surface area contributed by atoms with E-state index in [9.17, 15) is 4.79 Å². The molecular weight excluding hydrogens is 411 g/mol. The van der Waals surface area contributed by atoms with Crippen molar-refractivity contribution in [1.82, 2.24) is 19.7 Å². The van der Waals surface area contributed by atoms with Crippen LogP contribution < -0.4 is 5.73 Å². The van der Waals surface area contributed by atoms with Crippen LogP contribution in [0.4, 0.5) is 10.2 Å². The third-order valence-corrected chi connectivity index (χ3v) is 5.98. The van der Waals surface area contributed by atoms with Gasteiger partial charge < -0.3 is 15.4 Å². The summed E-state index contributed by atoms with van der Waals surface area (Å²) in [6, 6.07) is 9.72. The van der Waals surface area contributed by atoms with Crippen LogP contribution >= 0.6 is 0 Å². The minimum atomic E-state index is -0.681. The highest BCUT2D eigenvalue weighted by atomic mass is 19.1. The Kier molecular flexibility index (Phi) is 4.53. The van der Waals surface area contributed by atoms with E-state index in [1.54, 1.807) is 37.1 Å². The number of amides is 1. The Labute approximate surface area is 182 Å². The molecule has 0 saturated heterocycles. The second kappa shape index (κ2) is 7.28. The number of ether oxygens (including phenoxy) is 1. The van der Waals surface area contributed by atoms with Crippen LogP contribution in [0, 0.1) is 17.1 Å². The highest BCUT2D eigenvalue weighted by Gasteiger charge is 2.30. The zero-order valence-electron chi connectivity index (χ0n) is 17.5. The number of halogens is 1. The van der Waals surface area contributed by atoms with Gasteiger partial charge in [-0.1, -0.05) is 6.07 Å².